The minimum atomic E-state index is -0.731. The molecule has 0 aliphatic heterocycles. The fourth-order valence-corrected chi connectivity index (χ4v) is 2.91. The second-order valence-corrected chi connectivity index (χ2v) is 5.56. The van der Waals surface area contributed by atoms with Crippen molar-refractivity contribution in [1.82, 2.24) is 19.5 Å². The van der Waals surface area contributed by atoms with Gasteiger partial charge in [-0.2, -0.15) is 5.10 Å². The largest absolute Gasteiger partial charge is 0.388 e. The molecule has 20 heavy (non-hydrogen) atoms. The lowest BCUT2D eigenvalue weighted by Crippen LogP contribution is -2.42. The fourth-order valence-electron chi connectivity index (χ4n) is 2.91. The Labute approximate surface area is 117 Å². The number of nitrogens with zero attached hydrogens (tertiary/aromatic N) is 4. The zero-order valence-corrected chi connectivity index (χ0v) is 11.5. The molecule has 1 fully saturated rings. The van der Waals surface area contributed by atoms with E-state index in [0.717, 1.165) is 25.7 Å². The molecule has 2 aromatic heterocycles. The van der Waals surface area contributed by atoms with E-state index in [1.165, 1.54) is 0 Å². The van der Waals surface area contributed by atoms with Gasteiger partial charge in [-0.1, -0.05) is 12.8 Å². The molecule has 1 amide bonds. The highest BCUT2D eigenvalue weighted by atomic mass is 16.3. The standard InChI is InChI=1S/C14H18N4O2/c1-17(10-14(20)4-2-3-5-14)13(19)11-8-16-18-7-6-15-9-12(11)18/h6-9,20H,2-5,10H2,1H3. The topological polar surface area (TPSA) is 70.7 Å². The zero-order chi connectivity index (χ0) is 14.2. The van der Waals surface area contributed by atoms with Crippen LogP contribution in [0.5, 0.6) is 0 Å². The second kappa shape index (κ2) is 4.86. The van der Waals surface area contributed by atoms with E-state index in [2.05, 4.69) is 10.1 Å². The first-order valence-corrected chi connectivity index (χ1v) is 6.84. The highest BCUT2D eigenvalue weighted by Gasteiger charge is 2.34. The van der Waals surface area contributed by atoms with Gasteiger partial charge in [0.1, 0.15) is 0 Å². The summed E-state index contributed by atoms with van der Waals surface area (Å²) in [6.45, 7) is 0.365. The van der Waals surface area contributed by atoms with Crippen molar-refractivity contribution < 1.29 is 9.90 Å². The van der Waals surface area contributed by atoms with E-state index in [1.54, 1.807) is 41.3 Å². The van der Waals surface area contributed by atoms with Crippen LogP contribution >= 0.6 is 0 Å². The molecular weight excluding hydrogens is 256 g/mol. The van der Waals surface area contributed by atoms with Crippen molar-refractivity contribution in [2.24, 2.45) is 0 Å². The third-order valence-corrected chi connectivity index (χ3v) is 3.97. The molecule has 6 heteroatoms. The van der Waals surface area contributed by atoms with E-state index < -0.39 is 5.60 Å². The lowest BCUT2D eigenvalue weighted by molar-refractivity contribution is 0.0157. The van der Waals surface area contributed by atoms with Gasteiger partial charge in [0.25, 0.3) is 5.91 Å². The van der Waals surface area contributed by atoms with Crippen LogP contribution in [0.3, 0.4) is 0 Å². The predicted molar refractivity (Wildman–Crippen MR) is 73.4 cm³/mol. The van der Waals surface area contributed by atoms with Crippen LogP contribution in [0.25, 0.3) is 5.52 Å². The number of rotatable bonds is 3. The normalized spacial score (nSPS) is 17.5. The Bertz CT molecular complexity index is 631. The summed E-state index contributed by atoms with van der Waals surface area (Å²) in [5, 5.41) is 14.5. The Hall–Kier alpha value is -1.95. The Morgan fingerprint density at radius 2 is 2.20 bits per heavy atom. The van der Waals surface area contributed by atoms with Gasteiger partial charge >= 0.3 is 0 Å². The van der Waals surface area contributed by atoms with E-state index in [4.69, 9.17) is 0 Å². The van der Waals surface area contributed by atoms with E-state index >= 15 is 0 Å². The minimum absolute atomic E-state index is 0.131. The van der Waals surface area contributed by atoms with Crippen LogP contribution in [0.15, 0.2) is 24.8 Å². The number of hydrogen-bond acceptors (Lipinski definition) is 4. The quantitative estimate of drug-likeness (QED) is 0.910. The predicted octanol–water partition coefficient (Wildman–Crippen LogP) is 1.11. The molecule has 2 aromatic rings. The van der Waals surface area contributed by atoms with Crippen molar-refractivity contribution in [3.63, 3.8) is 0 Å². The SMILES string of the molecule is CN(CC1(O)CCCC1)C(=O)c1cnn2ccncc12. The monoisotopic (exact) mass is 274 g/mol. The van der Waals surface area contributed by atoms with Gasteiger partial charge in [0.05, 0.1) is 29.1 Å². The van der Waals surface area contributed by atoms with Crippen molar-refractivity contribution in [2.75, 3.05) is 13.6 Å². The van der Waals surface area contributed by atoms with Gasteiger partial charge in [-0.05, 0) is 12.8 Å². The molecule has 3 rings (SSSR count). The summed E-state index contributed by atoms with van der Waals surface area (Å²) in [5.41, 5.74) is 0.469. The van der Waals surface area contributed by atoms with Gasteiger partial charge in [0, 0.05) is 26.0 Å². The van der Waals surface area contributed by atoms with E-state index in [1.807, 2.05) is 0 Å². The molecule has 0 atom stereocenters. The summed E-state index contributed by atoms with van der Waals surface area (Å²) in [7, 11) is 1.72. The number of carbonyl (C=O) groups excluding carboxylic acids is 1. The van der Waals surface area contributed by atoms with E-state index in [9.17, 15) is 9.90 Å². The molecule has 1 saturated carbocycles. The van der Waals surface area contributed by atoms with Gasteiger partial charge in [0.2, 0.25) is 0 Å². The molecule has 0 unspecified atom stereocenters. The molecule has 6 nitrogen and oxygen atoms in total. The van der Waals surface area contributed by atoms with Gasteiger partial charge in [-0.3, -0.25) is 9.78 Å². The molecule has 106 valence electrons. The van der Waals surface area contributed by atoms with Crippen LogP contribution in [-0.4, -0.2) is 49.7 Å². The Morgan fingerprint density at radius 3 is 2.95 bits per heavy atom. The maximum Gasteiger partial charge on any atom is 0.257 e. The number of amides is 1. The number of carbonyl (C=O) groups is 1. The molecule has 0 spiro atoms. The first kappa shape index (κ1) is 13.1. The average Bonchev–Trinajstić information content (AvgIpc) is 3.04. The number of aliphatic hydroxyl groups is 1. The molecule has 0 aromatic carbocycles. The third kappa shape index (κ3) is 2.27. The lowest BCUT2D eigenvalue weighted by Gasteiger charge is -2.28. The van der Waals surface area contributed by atoms with Crippen LogP contribution in [0.4, 0.5) is 0 Å². The number of hydrogen-bond donors (Lipinski definition) is 1. The summed E-state index contributed by atoms with van der Waals surface area (Å²) < 4.78 is 1.62. The van der Waals surface area contributed by atoms with Gasteiger partial charge in [-0.25, -0.2) is 4.52 Å². The highest BCUT2D eigenvalue weighted by molar-refractivity contribution is 6.00. The highest BCUT2D eigenvalue weighted by Crippen LogP contribution is 2.30. The molecule has 1 aliphatic carbocycles. The molecule has 1 N–H and O–H groups in total. The Balaban J connectivity index is 1.81. The fraction of sp³-hybridized carbons (Fsp3) is 0.500. The van der Waals surface area contributed by atoms with E-state index in [0.29, 0.717) is 17.6 Å². The number of aromatic nitrogens is 3. The average molecular weight is 274 g/mol. The van der Waals surface area contributed by atoms with E-state index in [-0.39, 0.29) is 5.91 Å². The maximum atomic E-state index is 12.5. The van der Waals surface area contributed by atoms with Crippen molar-refractivity contribution in [2.45, 2.75) is 31.3 Å². The molecule has 0 saturated heterocycles. The summed E-state index contributed by atoms with van der Waals surface area (Å²) in [6, 6.07) is 0. The van der Waals surface area contributed by atoms with Crippen LogP contribution in [0, 0.1) is 0 Å². The first-order valence-electron chi connectivity index (χ1n) is 6.84. The van der Waals surface area contributed by atoms with Crippen molar-refractivity contribution in [3.05, 3.63) is 30.4 Å². The van der Waals surface area contributed by atoms with Crippen LogP contribution in [0.2, 0.25) is 0 Å². The van der Waals surface area contributed by atoms with Gasteiger partial charge < -0.3 is 10.0 Å². The summed E-state index contributed by atoms with van der Waals surface area (Å²) >= 11 is 0. The summed E-state index contributed by atoms with van der Waals surface area (Å²) in [6.07, 6.45) is 10.1. The maximum absolute atomic E-state index is 12.5. The smallest absolute Gasteiger partial charge is 0.257 e. The molecule has 0 bridgehead atoms. The molecule has 0 radical (unpaired) electrons. The van der Waals surface area contributed by atoms with Crippen LogP contribution < -0.4 is 0 Å². The Kier molecular flexibility index (Phi) is 3.17. The minimum Gasteiger partial charge on any atom is -0.388 e. The molecule has 1 aliphatic rings. The van der Waals surface area contributed by atoms with Crippen LogP contribution in [0.1, 0.15) is 36.0 Å². The Morgan fingerprint density at radius 1 is 1.45 bits per heavy atom. The number of fused-ring (bicyclic) bond motifs is 1. The van der Waals surface area contributed by atoms with Crippen molar-refractivity contribution in [3.8, 4) is 0 Å². The summed E-state index contributed by atoms with van der Waals surface area (Å²) in [5.74, 6) is -0.131. The third-order valence-electron chi connectivity index (χ3n) is 3.97. The van der Waals surface area contributed by atoms with Gasteiger partial charge in [-0.15, -0.1) is 0 Å². The van der Waals surface area contributed by atoms with Crippen molar-refractivity contribution in [1.29, 1.82) is 0 Å². The number of likely N-dealkylation sites (N-methyl/N-ethyl adjacent to an activating group) is 1. The summed E-state index contributed by atoms with van der Waals surface area (Å²) in [4.78, 5) is 18.1. The molecule has 2 heterocycles. The van der Waals surface area contributed by atoms with Gasteiger partial charge in [0.15, 0.2) is 0 Å². The first-order chi connectivity index (χ1) is 9.59. The second-order valence-electron chi connectivity index (χ2n) is 5.56. The zero-order valence-electron chi connectivity index (χ0n) is 11.5. The lowest BCUT2D eigenvalue weighted by atomic mass is 10.0. The molecular formula is C14H18N4O2. The van der Waals surface area contributed by atoms with Crippen molar-refractivity contribution >= 4 is 11.4 Å². The van der Waals surface area contributed by atoms with Crippen LogP contribution in [-0.2, 0) is 0 Å².